The van der Waals surface area contributed by atoms with Gasteiger partial charge in [-0.15, -0.1) is 0 Å². The summed E-state index contributed by atoms with van der Waals surface area (Å²) >= 11 is 3.39. The lowest BCUT2D eigenvalue weighted by Crippen LogP contribution is -2.16. The number of halogens is 2. The second kappa shape index (κ2) is 7.79. The topological polar surface area (TPSA) is 46.4 Å². The first kappa shape index (κ1) is 19.3. The molecule has 29 heavy (non-hydrogen) atoms. The van der Waals surface area contributed by atoms with Crippen molar-refractivity contribution in [3.8, 4) is 11.3 Å². The fraction of sp³-hybridized carbons (Fsp3) is 0.130. The fourth-order valence-electron chi connectivity index (χ4n) is 3.28. The number of aryl methyl sites for hydroxylation is 2. The van der Waals surface area contributed by atoms with Crippen LogP contribution < -0.4 is 5.32 Å². The monoisotopic (exact) mass is 451 g/mol. The molecule has 6 heteroatoms. The number of pyridine rings is 1. The maximum absolute atomic E-state index is 13.8. The number of hydrogen-bond acceptors (Lipinski definition) is 2. The van der Waals surface area contributed by atoms with E-state index in [0.29, 0.717) is 11.3 Å². The van der Waals surface area contributed by atoms with Crippen molar-refractivity contribution in [1.82, 2.24) is 9.38 Å². The number of hydrogen-bond donors (Lipinski definition) is 1. The summed E-state index contributed by atoms with van der Waals surface area (Å²) in [5.74, 6) is -0.404. The molecule has 1 N–H and O–H groups in total. The van der Waals surface area contributed by atoms with Crippen molar-refractivity contribution < 1.29 is 9.18 Å². The van der Waals surface area contributed by atoms with Crippen LogP contribution in [0.15, 0.2) is 65.3 Å². The van der Waals surface area contributed by atoms with Crippen LogP contribution in [-0.4, -0.2) is 15.3 Å². The standard InChI is InChI=1S/C23H19BrFN3O/c1-14-3-10-21-27-23(16-4-9-19(25)15(2)11-16)20(28(21)13-14)12-22(29)26-18-7-5-17(24)6-8-18/h3-11,13H,12H2,1-2H3,(H,26,29). The van der Waals surface area contributed by atoms with Gasteiger partial charge < -0.3 is 9.72 Å². The summed E-state index contributed by atoms with van der Waals surface area (Å²) in [4.78, 5) is 17.5. The molecule has 2 aromatic carbocycles. The molecular weight excluding hydrogens is 433 g/mol. The quantitative estimate of drug-likeness (QED) is 0.432. The Kier molecular flexibility index (Phi) is 5.20. The van der Waals surface area contributed by atoms with E-state index in [1.165, 1.54) is 6.07 Å². The number of rotatable bonds is 4. The lowest BCUT2D eigenvalue weighted by molar-refractivity contribution is -0.115. The van der Waals surface area contributed by atoms with E-state index in [2.05, 4.69) is 21.2 Å². The van der Waals surface area contributed by atoms with Crippen LogP contribution in [-0.2, 0) is 11.2 Å². The number of carbonyl (C=O) groups is 1. The highest BCUT2D eigenvalue weighted by molar-refractivity contribution is 9.10. The second-order valence-corrected chi connectivity index (χ2v) is 7.95. The third-order valence-corrected chi connectivity index (χ3v) is 5.28. The van der Waals surface area contributed by atoms with Gasteiger partial charge in [0.05, 0.1) is 17.8 Å². The van der Waals surface area contributed by atoms with Crippen molar-refractivity contribution in [2.45, 2.75) is 20.3 Å². The highest BCUT2D eigenvalue weighted by atomic mass is 79.9. The normalized spacial score (nSPS) is 11.0. The lowest BCUT2D eigenvalue weighted by Gasteiger charge is -2.09. The zero-order valence-electron chi connectivity index (χ0n) is 16.0. The zero-order valence-corrected chi connectivity index (χ0v) is 17.6. The van der Waals surface area contributed by atoms with Crippen LogP contribution >= 0.6 is 15.9 Å². The molecule has 4 nitrogen and oxygen atoms in total. The molecule has 0 saturated carbocycles. The van der Waals surface area contributed by atoms with E-state index in [4.69, 9.17) is 4.98 Å². The molecule has 0 saturated heterocycles. The number of benzene rings is 2. The molecule has 2 aromatic heterocycles. The number of fused-ring (bicyclic) bond motifs is 1. The van der Waals surface area contributed by atoms with Gasteiger partial charge in [-0.25, -0.2) is 9.37 Å². The minimum absolute atomic E-state index is 0.143. The molecule has 0 spiro atoms. The third-order valence-electron chi connectivity index (χ3n) is 4.75. The van der Waals surface area contributed by atoms with E-state index in [9.17, 15) is 9.18 Å². The highest BCUT2D eigenvalue weighted by Gasteiger charge is 2.18. The third kappa shape index (κ3) is 4.07. The molecular formula is C23H19BrFN3O. The molecule has 0 atom stereocenters. The van der Waals surface area contributed by atoms with Gasteiger partial charge in [0.1, 0.15) is 11.5 Å². The summed E-state index contributed by atoms with van der Waals surface area (Å²) in [5.41, 5.74) is 5.32. The SMILES string of the molecule is Cc1ccc2nc(-c3ccc(F)c(C)c3)c(CC(=O)Nc3ccc(Br)cc3)n2c1. The molecule has 0 aliphatic carbocycles. The summed E-state index contributed by atoms with van der Waals surface area (Å²) < 4.78 is 16.6. The Morgan fingerprint density at radius 3 is 2.59 bits per heavy atom. The Morgan fingerprint density at radius 1 is 1.10 bits per heavy atom. The van der Waals surface area contributed by atoms with E-state index < -0.39 is 0 Å². The van der Waals surface area contributed by atoms with Crippen LogP contribution in [0.25, 0.3) is 16.9 Å². The van der Waals surface area contributed by atoms with Crippen molar-refractivity contribution in [3.63, 3.8) is 0 Å². The molecule has 0 bridgehead atoms. The minimum Gasteiger partial charge on any atom is -0.326 e. The average molecular weight is 452 g/mol. The molecule has 4 aromatic rings. The molecule has 0 radical (unpaired) electrons. The van der Waals surface area contributed by atoms with Gasteiger partial charge in [-0.1, -0.05) is 22.0 Å². The van der Waals surface area contributed by atoms with Gasteiger partial charge in [-0.2, -0.15) is 0 Å². The van der Waals surface area contributed by atoms with Gasteiger partial charge in [0.25, 0.3) is 0 Å². The van der Waals surface area contributed by atoms with Crippen LogP contribution in [0.5, 0.6) is 0 Å². The predicted octanol–water partition coefficient (Wildman–Crippen LogP) is 5.70. The lowest BCUT2D eigenvalue weighted by atomic mass is 10.1. The maximum Gasteiger partial charge on any atom is 0.230 e. The molecule has 2 heterocycles. The smallest absolute Gasteiger partial charge is 0.230 e. The molecule has 146 valence electrons. The van der Waals surface area contributed by atoms with Crippen LogP contribution in [0, 0.1) is 19.7 Å². The molecule has 0 unspecified atom stereocenters. The van der Waals surface area contributed by atoms with Crippen molar-refractivity contribution >= 4 is 33.2 Å². The van der Waals surface area contributed by atoms with Crippen molar-refractivity contribution in [3.05, 3.63) is 87.9 Å². The number of carbonyl (C=O) groups excluding carboxylic acids is 1. The Morgan fingerprint density at radius 2 is 1.86 bits per heavy atom. The van der Waals surface area contributed by atoms with Gasteiger partial charge in [0, 0.05) is 21.9 Å². The predicted molar refractivity (Wildman–Crippen MR) is 117 cm³/mol. The summed E-state index contributed by atoms with van der Waals surface area (Å²) in [5, 5.41) is 2.93. The van der Waals surface area contributed by atoms with Gasteiger partial charge in [0.15, 0.2) is 0 Å². The van der Waals surface area contributed by atoms with Crippen molar-refractivity contribution in [2.75, 3.05) is 5.32 Å². The second-order valence-electron chi connectivity index (χ2n) is 7.04. The first-order chi connectivity index (χ1) is 13.9. The summed E-state index contributed by atoms with van der Waals surface area (Å²) in [6.45, 7) is 3.71. The Bertz CT molecular complexity index is 1220. The summed E-state index contributed by atoms with van der Waals surface area (Å²) in [6, 6.07) is 16.2. The van der Waals surface area contributed by atoms with Crippen LogP contribution in [0.1, 0.15) is 16.8 Å². The number of amides is 1. The first-order valence-electron chi connectivity index (χ1n) is 9.20. The van der Waals surface area contributed by atoms with Gasteiger partial charge >= 0.3 is 0 Å². The zero-order chi connectivity index (χ0) is 20.5. The first-order valence-corrected chi connectivity index (χ1v) is 9.99. The maximum atomic E-state index is 13.8. The van der Waals surface area contributed by atoms with Gasteiger partial charge in [0.2, 0.25) is 5.91 Å². The van der Waals surface area contributed by atoms with E-state index >= 15 is 0 Å². The molecule has 1 amide bonds. The number of imidazole rings is 1. The number of aromatic nitrogens is 2. The van der Waals surface area contributed by atoms with E-state index in [1.54, 1.807) is 19.1 Å². The molecule has 0 aliphatic heterocycles. The van der Waals surface area contributed by atoms with E-state index in [0.717, 1.165) is 32.6 Å². The Labute approximate surface area is 176 Å². The van der Waals surface area contributed by atoms with Crippen LogP contribution in [0.2, 0.25) is 0 Å². The Balaban J connectivity index is 1.74. The van der Waals surface area contributed by atoms with Crippen LogP contribution in [0.3, 0.4) is 0 Å². The van der Waals surface area contributed by atoms with E-state index in [1.807, 2.05) is 53.9 Å². The van der Waals surface area contributed by atoms with Crippen LogP contribution in [0.4, 0.5) is 10.1 Å². The summed E-state index contributed by atoms with van der Waals surface area (Å²) in [7, 11) is 0. The molecule has 4 rings (SSSR count). The highest BCUT2D eigenvalue weighted by Crippen LogP contribution is 2.27. The van der Waals surface area contributed by atoms with Gasteiger partial charge in [-0.05, 0) is 73.5 Å². The summed E-state index contributed by atoms with van der Waals surface area (Å²) in [6.07, 6.45) is 2.11. The Hall–Kier alpha value is -2.99. The largest absolute Gasteiger partial charge is 0.326 e. The molecule has 0 fully saturated rings. The molecule has 0 aliphatic rings. The van der Waals surface area contributed by atoms with Crippen molar-refractivity contribution in [2.24, 2.45) is 0 Å². The minimum atomic E-state index is -0.261. The number of nitrogens with one attached hydrogen (secondary N) is 1. The average Bonchev–Trinajstić information content (AvgIpc) is 3.03. The van der Waals surface area contributed by atoms with E-state index in [-0.39, 0.29) is 18.1 Å². The fourth-order valence-corrected chi connectivity index (χ4v) is 3.55. The number of nitrogens with zero attached hydrogens (tertiary/aromatic N) is 2. The number of anilines is 1. The van der Waals surface area contributed by atoms with Crippen molar-refractivity contribution in [1.29, 1.82) is 0 Å². The van der Waals surface area contributed by atoms with Gasteiger partial charge in [-0.3, -0.25) is 4.79 Å².